The van der Waals surface area contributed by atoms with Crippen molar-refractivity contribution in [2.24, 2.45) is 4.99 Å². The van der Waals surface area contributed by atoms with Gasteiger partial charge in [0.1, 0.15) is 12.3 Å². The maximum atomic E-state index is 11.8. The molecule has 0 saturated carbocycles. The first-order valence-electron chi connectivity index (χ1n) is 8.40. The number of carbonyl (C=O) groups is 1. The average molecular weight is 336 g/mol. The zero-order valence-corrected chi connectivity index (χ0v) is 14.8. The average Bonchev–Trinajstić information content (AvgIpc) is 3.08. The summed E-state index contributed by atoms with van der Waals surface area (Å²) >= 11 is 0. The Bertz CT molecular complexity index is 522. The number of nitrogens with zero attached hydrogens (tertiary/aromatic N) is 3. The Labute approximate surface area is 143 Å². The number of amides is 1. The Hall–Kier alpha value is -2.02. The Morgan fingerprint density at radius 1 is 1.38 bits per heavy atom. The van der Waals surface area contributed by atoms with E-state index in [4.69, 9.17) is 9.15 Å². The van der Waals surface area contributed by atoms with E-state index in [-0.39, 0.29) is 18.6 Å². The highest BCUT2D eigenvalue weighted by Crippen LogP contribution is 2.12. The van der Waals surface area contributed by atoms with Gasteiger partial charge in [-0.1, -0.05) is 0 Å². The van der Waals surface area contributed by atoms with E-state index >= 15 is 0 Å². The van der Waals surface area contributed by atoms with Crippen molar-refractivity contribution in [1.82, 2.24) is 15.1 Å². The molecule has 1 amide bonds. The van der Waals surface area contributed by atoms with Crippen LogP contribution in [-0.4, -0.2) is 68.6 Å². The van der Waals surface area contributed by atoms with Crippen molar-refractivity contribution in [3.05, 3.63) is 24.2 Å². The van der Waals surface area contributed by atoms with Crippen LogP contribution in [0.2, 0.25) is 0 Å². The fourth-order valence-corrected chi connectivity index (χ4v) is 2.48. The van der Waals surface area contributed by atoms with Gasteiger partial charge in [-0.3, -0.25) is 4.79 Å². The van der Waals surface area contributed by atoms with E-state index in [1.807, 2.05) is 24.1 Å². The number of ether oxygens (including phenoxy) is 1. The summed E-state index contributed by atoms with van der Waals surface area (Å²) in [5.74, 6) is 1.49. The van der Waals surface area contributed by atoms with Gasteiger partial charge >= 0.3 is 0 Å². The van der Waals surface area contributed by atoms with E-state index in [1.54, 1.807) is 20.4 Å². The summed E-state index contributed by atoms with van der Waals surface area (Å²) in [6.07, 6.45) is 5.23. The van der Waals surface area contributed by atoms with E-state index in [1.165, 1.54) is 11.3 Å². The summed E-state index contributed by atoms with van der Waals surface area (Å²) in [7, 11) is 5.39. The maximum Gasteiger partial charge on any atom is 0.243 e. The van der Waals surface area contributed by atoms with Crippen LogP contribution in [0.5, 0.6) is 0 Å². The first-order valence-corrected chi connectivity index (χ1v) is 8.40. The second-order valence-electron chi connectivity index (χ2n) is 6.23. The number of hydrogen-bond acceptors (Lipinski definition) is 4. The lowest BCUT2D eigenvalue weighted by Gasteiger charge is -2.26. The van der Waals surface area contributed by atoms with Crippen molar-refractivity contribution in [2.75, 3.05) is 40.8 Å². The maximum absolute atomic E-state index is 11.8. The molecule has 7 heteroatoms. The smallest absolute Gasteiger partial charge is 0.243 e. The molecule has 0 aliphatic carbocycles. The molecular weight excluding hydrogens is 308 g/mol. The highest BCUT2D eigenvalue weighted by Gasteiger charge is 2.16. The molecule has 0 radical (unpaired) electrons. The summed E-state index contributed by atoms with van der Waals surface area (Å²) < 4.78 is 11.1. The third-order valence-corrected chi connectivity index (χ3v) is 3.96. The van der Waals surface area contributed by atoms with Crippen molar-refractivity contribution in [2.45, 2.75) is 31.9 Å². The normalized spacial score (nSPS) is 18.3. The van der Waals surface area contributed by atoms with Gasteiger partial charge in [0.05, 0.1) is 18.9 Å². The van der Waals surface area contributed by atoms with Gasteiger partial charge in [-0.25, -0.2) is 4.99 Å². The fraction of sp³-hybridized carbons (Fsp3) is 0.647. The molecule has 1 N–H and O–H groups in total. The lowest BCUT2D eigenvalue weighted by molar-refractivity contribution is -0.127. The van der Waals surface area contributed by atoms with Crippen molar-refractivity contribution in [3.63, 3.8) is 0 Å². The standard InChI is InChI=1S/C17H28N4O3/c1-20(2)16(22)12-19-17(18-11-14-7-4-5-9-23-14)21(3)13-15-8-6-10-24-15/h6,8,10,14H,4-5,7,9,11-13H2,1-3H3,(H,18,19). The molecule has 0 bridgehead atoms. The molecule has 1 saturated heterocycles. The number of aliphatic imine (C=N–C) groups is 1. The Morgan fingerprint density at radius 3 is 2.83 bits per heavy atom. The van der Waals surface area contributed by atoms with Gasteiger partial charge in [0.15, 0.2) is 5.96 Å². The molecule has 1 unspecified atom stereocenters. The summed E-state index contributed by atoms with van der Waals surface area (Å²) in [5.41, 5.74) is 0. The molecular formula is C17H28N4O3. The van der Waals surface area contributed by atoms with Gasteiger partial charge < -0.3 is 24.3 Å². The second-order valence-corrected chi connectivity index (χ2v) is 6.23. The van der Waals surface area contributed by atoms with Crippen LogP contribution in [0.15, 0.2) is 27.8 Å². The molecule has 24 heavy (non-hydrogen) atoms. The predicted molar refractivity (Wildman–Crippen MR) is 92.8 cm³/mol. The summed E-state index contributed by atoms with van der Waals surface area (Å²) in [4.78, 5) is 19.8. The van der Waals surface area contributed by atoms with Gasteiger partial charge in [-0.05, 0) is 31.4 Å². The highest BCUT2D eigenvalue weighted by molar-refractivity contribution is 5.84. The van der Waals surface area contributed by atoms with Crippen molar-refractivity contribution in [3.8, 4) is 0 Å². The fourth-order valence-electron chi connectivity index (χ4n) is 2.48. The largest absolute Gasteiger partial charge is 0.467 e. The first kappa shape index (κ1) is 18.3. The molecule has 1 aliphatic heterocycles. The molecule has 2 rings (SSSR count). The molecule has 134 valence electrons. The monoisotopic (exact) mass is 336 g/mol. The second kappa shape index (κ2) is 9.32. The van der Waals surface area contributed by atoms with Crippen LogP contribution in [0, 0.1) is 0 Å². The lowest BCUT2D eigenvalue weighted by atomic mass is 10.1. The Kier molecular flexibility index (Phi) is 7.11. The number of guanidine groups is 1. The highest BCUT2D eigenvalue weighted by atomic mass is 16.5. The van der Waals surface area contributed by atoms with Crippen LogP contribution in [0.1, 0.15) is 25.0 Å². The minimum absolute atomic E-state index is 0.0328. The quantitative estimate of drug-likeness (QED) is 0.627. The molecule has 7 nitrogen and oxygen atoms in total. The van der Waals surface area contributed by atoms with Crippen molar-refractivity contribution >= 4 is 11.9 Å². The Morgan fingerprint density at radius 2 is 2.21 bits per heavy atom. The van der Waals surface area contributed by atoms with Crippen molar-refractivity contribution in [1.29, 1.82) is 0 Å². The minimum Gasteiger partial charge on any atom is -0.467 e. The van der Waals surface area contributed by atoms with Gasteiger partial charge in [0.2, 0.25) is 5.91 Å². The van der Waals surface area contributed by atoms with Crippen LogP contribution >= 0.6 is 0 Å². The topological polar surface area (TPSA) is 70.3 Å². The van der Waals surface area contributed by atoms with Gasteiger partial charge in [-0.2, -0.15) is 0 Å². The van der Waals surface area contributed by atoms with Crippen molar-refractivity contribution < 1.29 is 13.9 Å². The van der Waals surface area contributed by atoms with Crippen LogP contribution < -0.4 is 5.32 Å². The van der Waals surface area contributed by atoms with E-state index < -0.39 is 0 Å². The third-order valence-electron chi connectivity index (χ3n) is 3.96. The molecule has 0 aromatic carbocycles. The summed E-state index contributed by atoms with van der Waals surface area (Å²) in [6.45, 7) is 2.21. The minimum atomic E-state index is -0.0328. The predicted octanol–water partition coefficient (Wildman–Crippen LogP) is 1.31. The van der Waals surface area contributed by atoms with E-state index in [9.17, 15) is 4.79 Å². The number of rotatable bonds is 6. The first-order chi connectivity index (χ1) is 11.6. The zero-order valence-electron chi connectivity index (χ0n) is 14.8. The van der Waals surface area contributed by atoms with Crippen LogP contribution in [0.3, 0.4) is 0 Å². The van der Waals surface area contributed by atoms with Crippen LogP contribution in [0.25, 0.3) is 0 Å². The number of nitrogens with one attached hydrogen (secondary N) is 1. The van der Waals surface area contributed by atoms with Crippen LogP contribution in [-0.2, 0) is 16.1 Å². The molecule has 0 spiro atoms. The van der Waals surface area contributed by atoms with Gasteiger partial charge in [-0.15, -0.1) is 0 Å². The molecule has 1 aromatic heterocycles. The van der Waals surface area contributed by atoms with E-state index in [2.05, 4.69) is 10.3 Å². The molecule has 1 aromatic rings. The molecule has 2 heterocycles. The number of furan rings is 1. The molecule has 1 aliphatic rings. The number of carbonyl (C=O) groups excluding carboxylic acids is 1. The SMILES string of the molecule is CN(C)C(=O)CN=C(NCC1CCCCO1)N(C)Cc1ccco1. The third kappa shape index (κ3) is 5.88. The zero-order chi connectivity index (χ0) is 17.4. The van der Waals surface area contributed by atoms with E-state index in [0.717, 1.165) is 25.2 Å². The summed E-state index contributed by atoms with van der Waals surface area (Å²) in [6, 6.07) is 3.78. The summed E-state index contributed by atoms with van der Waals surface area (Å²) in [5, 5.41) is 3.33. The molecule has 1 fully saturated rings. The van der Waals surface area contributed by atoms with Gasteiger partial charge in [0, 0.05) is 34.3 Å². The van der Waals surface area contributed by atoms with Gasteiger partial charge in [0.25, 0.3) is 0 Å². The van der Waals surface area contributed by atoms with Crippen LogP contribution in [0.4, 0.5) is 0 Å². The molecule has 1 atom stereocenters. The Balaban J connectivity index is 1.96. The number of hydrogen-bond donors (Lipinski definition) is 1. The van der Waals surface area contributed by atoms with E-state index in [0.29, 0.717) is 19.0 Å². The lowest BCUT2D eigenvalue weighted by Crippen LogP contribution is -2.43. The number of likely N-dealkylation sites (N-methyl/N-ethyl adjacent to an activating group) is 1.